The van der Waals surface area contributed by atoms with Crippen molar-refractivity contribution in [2.75, 3.05) is 6.61 Å². The fraction of sp³-hybridized carbons (Fsp3) is 0.850. The first kappa shape index (κ1) is 23.1. The normalized spacial score (nSPS) is 11.5. The first-order valence-corrected chi connectivity index (χ1v) is 9.83. The van der Waals surface area contributed by atoms with E-state index in [1.165, 1.54) is 57.8 Å². The Hall–Kier alpha value is -0.870. The molecule has 0 aromatic carbocycles. The van der Waals surface area contributed by atoms with E-state index < -0.39 is 6.29 Å². The van der Waals surface area contributed by atoms with Gasteiger partial charge in [-0.05, 0) is 32.1 Å². The van der Waals surface area contributed by atoms with Crippen LogP contribution in [0.4, 0.5) is 0 Å². The zero-order chi connectivity index (χ0) is 17.9. The van der Waals surface area contributed by atoms with Crippen LogP contribution in [0.1, 0.15) is 96.8 Å². The maximum atomic E-state index is 11.2. The Kier molecular flexibility index (Phi) is 17.8. The molecular formula is C20H38O4. The third kappa shape index (κ3) is 19.2. The predicted octanol–water partition coefficient (Wildman–Crippen LogP) is 4.88. The van der Waals surface area contributed by atoms with Gasteiger partial charge in [0, 0.05) is 6.42 Å². The van der Waals surface area contributed by atoms with Crippen LogP contribution in [-0.2, 0) is 9.53 Å². The smallest absolute Gasteiger partial charge is 0.305 e. The van der Waals surface area contributed by atoms with E-state index >= 15 is 0 Å². The maximum absolute atomic E-state index is 11.2. The van der Waals surface area contributed by atoms with E-state index in [-0.39, 0.29) is 12.6 Å². The highest BCUT2D eigenvalue weighted by atomic mass is 16.6. The molecule has 0 aliphatic carbocycles. The molecule has 0 amide bonds. The number of unbranched alkanes of at least 4 members (excludes halogenated alkanes) is 11. The Morgan fingerprint density at radius 1 is 0.833 bits per heavy atom. The van der Waals surface area contributed by atoms with Crippen molar-refractivity contribution in [2.24, 2.45) is 0 Å². The largest absolute Gasteiger partial charge is 0.460 e. The van der Waals surface area contributed by atoms with Gasteiger partial charge in [-0.2, -0.15) is 0 Å². The molecule has 0 heterocycles. The highest BCUT2D eigenvalue weighted by Crippen LogP contribution is 2.10. The molecule has 0 saturated carbocycles. The summed E-state index contributed by atoms with van der Waals surface area (Å²) in [4.78, 5) is 11.2. The third-order valence-corrected chi connectivity index (χ3v) is 4.04. The van der Waals surface area contributed by atoms with Crippen LogP contribution in [0.5, 0.6) is 0 Å². The van der Waals surface area contributed by atoms with Gasteiger partial charge in [-0.25, -0.2) is 0 Å². The molecule has 0 saturated heterocycles. The van der Waals surface area contributed by atoms with Gasteiger partial charge < -0.3 is 14.9 Å². The van der Waals surface area contributed by atoms with Gasteiger partial charge in [0.1, 0.15) is 6.61 Å². The number of aliphatic hydroxyl groups is 2. The van der Waals surface area contributed by atoms with Crippen molar-refractivity contribution < 1.29 is 19.7 Å². The lowest BCUT2D eigenvalue weighted by atomic mass is 10.1. The van der Waals surface area contributed by atoms with Crippen LogP contribution in [0, 0.1) is 0 Å². The molecule has 0 radical (unpaired) electrons. The molecular weight excluding hydrogens is 304 g/mol. The van der Waals surface area contributed by atoms with E-state index in [1.54, 1.807) is 0 Å². The van der Waals surface area contributed by atoms with Gasteiger partial charge in [-0.15, -0.1) is 0 Å². The summed E-state index contributed by atoms with van der Waals surface area (Å²) in [5.74, 6) is -0.347. The first-order valence-electron chi connectivity index (χ1n) is 9.83. The van der Waals surface area contributed by atoms with E-state index in [0.29, 0.717) is 6.42 Å². The Morgan fingerprint density at radius 3 is 1.88 bits per heavy atom. The van der Waals surface area contributed by atoms with E-state index in [0.717, 1.165) is 25.7 Å². The fourth-order valence-corrected chi connectivity index (χ4v) is 2.58. The Labute approximate surface area is 148 Å². The van der Waals surface area contributed by atoms with Crippen molar-refractivity contribution in [2.45, 2.75) is 103 Å². The van der Waals surface area contributed by atoms with Crippen LogP contribution < -0.4 is 0 Å². The van der Waals surface area contributed by atoms with Gasteiger partial charge in [0.05, 0.1) is 0 Å². The molecule has 0 atom stereocenters. The van der Waals surface area contributed by atoms with E-state index in [4.69, 9.17) is 10.2 Å². The van der Waals surface area contributed by atoms with Crippen molar-refractivity contribution in [3.05, 3.63) is 12.2 Å². The van der Waals surface area contributed by atoms with Gasteiger partial charge in [-0.1, -0.05) is 70.4 Å². The molecule has 4 heteroatoms. The topological polar surface area (TPSA) is 66.8 Å². The van der Waals surface area contributed by atoms with Crippen molar-refractivity contribution in [1.29, 1.82) is 0 Å². The summed E-state index contributed by atoms with van der Waals surface area (Å²) < 4.78 is 4.67. The minimum Gasteiger partial charge on any atom is -0.460 e. The number of esters is 1. The Morgan fingerprint density at radius 2 is 1.33 bits per heavy atom. The summed E-state index contributed by atoms with van der Waals surface area (Å²) in [6, 6.07) is 0. The van der Waals surface area contributed by atoms with Crippen LogP contribution in [-0.4, -0.2) is 29.1 Å². The summed E-state index contributed by atoms with van der Waals surface area (Å²) in [6.45, 7) is 1.92. The van der Waals surface area contributed by atoms with Crippen LogP contribution in [0.2, 0.25) is 0 Å². The second-order valence-electron chi connectivity index (χ2n) is 6.50. The van der Waals surface area contributed by atoms with Crippen LogP contribution >= 0.6 is 0 Å². The van der Waals surface area contributed by atoms with Crippen LogP contribution in [0.25, 0.3) is 0 Å². The standard InChI is InChI=1S/C20H38O4/c1-2-3-4-5-6-7-8-9-10-11-12-13-14-15-16-17-20(23)24-18-19(21)22/h9-10,19,21-22H,2-8,11-18H2,1H3/b10-9-. The molecule has 0 aliphatic heterocycles. The summed E-state index contributed by atoms with van der Waals surface area (Å²) in [7, 11) is 0. The monoisotopic (exact) mass is 342 g/mol. The number of carbonyl (C=O) groups is 1. The second-order valence-corrected chi connectivity index (χ2v) is 6.50. The van der Waals surface area contributed by atoms with E-state index in [1.807, 2.05) is 0 Å². The summed E-state index contributed by atoms with van der Waals surface area (Å²) >= 11 is 0. The molecule has 0 rings (SSSR count). The number of aliphatic hydroxyl groups excluding tert-OH is 1. The fourth-order valence-electron chi connectivity index (χ4n) is 2.58. The number of allylic oxidation sites excluding steroid dienone is 2. The highest BCUT2D eigenvalue weighted by molar-refractivity contribution is 5.69. The molecule has 0 spiro atoms. The van der Waals surface area contributed by atoms with E-state index in [9.17, 15) is 4.79 Å². The van der Waals surface area contributed by atoms with Gasteiger partial charge in [-0.3, -0.25) is 4.79 Å². The molecule has 0 aliphatic rings. The average molecular weight is 343 g/mol. The van der Waals surface area contributed by atoms with E-state index in [2.05, 4.69) is 23.8 Å². The summed E-state index contributed by atoms with van der Waals surface area (Å²) in [5, 5.41) is 17.2. The van der Waals surface area contributed by atoms with Gasteiger partial charge in [0.2, 0.25) is 0 Å². The quantitative estimate of drug-likeness (QED) is 0.171. The predicted molar refractivity (Wildman–Crippen MR) is 98.6 cm³/mol. The Balaban J connectivity index is 3.19. The average Bonchev–Trinajstić information content (AvgIpc) is 2.56. The molecule has 2 N–H and O–H groups in total. The zero-order valence-electron chi connectivity index (χ0n) is 15.5. The van der Waals surface area contributed by atoms with Crippen molar-refractivity contribution in [3.8, 4) is 0 Å². The van der Waals surface area contributed by atoms with Crippen molar-refractivity contribution in [1.82, 2.24) is 0 Å². The van der Waals surface area contributed by atoms with Crippen LogP contribution in [0.15, 0.2) is 12.2 Å². The minimum absolute atomic E-state index is 0.329. The number of carbonyl (C=O) groups excluding carboxylic acids is 1. The second kappa shape index (κ2) is 18.5. The number of hydrogen-bond acceptors (Lipinski definition) is 4. The molecule has 0 aromatic rings. The van der Waals surface area contributed by atoms with Crippen molar-refractivity contribution >= 4 is 5.97 Å². The molecule has 0 fully saturated rings. The molecule has 24 heavy (non-hydrogen) atoms. The zero-order valence-corrected chi connectivity index (χ0v) is 15.5. The summed E-state index contributed by atoms with van der Waals surface area (Å²) in [5.41, 5.74) is 0. The summed E-state index contributed by atoms with van der Waals surface area (Å²) in [6.07, 6.45) is 19.4. The third-order valence-electron chi connectivity index (χ3n) is 4.04. The molecule has 4 nitrogen and oxygen atoms in total. The molecule has 0 bridgehead atoms. The first-order chi connectivity index (χ1) is 11.7. The maximum Gasteiger partial charge on any atom is 0.305 e. The van der Waals surface area contributed by atoms with Crippen molar-refractivity contribution in [3.63, 3.8) is 0 Å². The lowest BCUT2D eigenvalue weighted by Crippen LogP contribution is -2.17. The van der Waals surface area contributed by atoms with Gasteiger partial charge >= 0.3 is 5.97 Å². The van der Waals surface area contributed by atoms with Gasteiger partial charge in [0.15, 0.2) is 6.29 Å². The lowest BCUT2D eigenvalue weighted by Gasteiger charge is -2.05. The van der Waals surface area contributed by atoms with Gasteiger partial charge in [0.25, 0.3) is 0 Å². The minimum atomic E-state index is -1.57. The molecule has 0 unspecified atom stereocenters. The highest BCUT2D eigenvalue weighted by Gasteiger charge is 2.05. The lowest BCUT2D eigenvalue weighted by molar-refractivity contribution is -0.156. The van der Waals surface area contributed by atoms with Crippen LogP contribution in [0.3, 0.4) is 0 Å². The number of rotatable bonds is 17. The molecule has 142 valence electrons. The number of hydrogen-bond donors (Lipinski definition) is 2. The SMILES string of the molecule is CCCCCCCC/C=C\CCCCCCCC(=O)OCC(O)O. The Bertz CT molecular complexity index is 300. The number of ether oxygens (including phenoxy) is 1. The molecule has 0 aromatic heterocycles.